The van der Waals surface area contributed by atoms with Crippen molar-refractivity contribution in [2.24, 2.45) is 63.5 Å². The fourth-order valence-corrected chi connectivity index (χ4v) is 16.1. The van der Waals surface area contributed by atoms with Crippen molar-refractivity contribution in [2.45, 2.75) is 187 Å². The minimum atomic E-state index is -1.22. The molecule has 3 unspecified atom stereocenters. The Morgan fingerprint density at radius 3 is 2.23 bits per heavy atom. The van der Waals surface area contributed by atoms with Crippen molar-refractivity contribution < 1.29 is 43.2 Å². The fraction of sp³-hybridized carbons (Fsp3) is 0.676. The maximum atomic E-state index is 14.2. The summed E-state index contributed by atoms with van der Waals surface area (Å²) in [6, 6.07) is 13.4. The molecule has 11 atom stereocenters. The van der Waals surface area contributed by atoms with Crippen LogP contribution < -0.4 is 27.9 Å². The van der Waals surface area contributed by atoms with E-state index in [1.807, 2.05) is 0 Å². The number of rotatable bonds is 33. The number of carboxylic acids is 1. The van der Waals surface area contributed by atoms with Gasteiger partial charge in [-0.3, -0.25) is 14.4 Å². The molecule has 5 aliphatic carbocycles. The van der Waals surface area contributed by atoms with Gasteiger partial charge in [0.1, 0.15) is 17.1 Å². The average molecular weight is 1150 g/mol. The van der Waals surface area contributed by atoms with Crippen molar-refractivity contribution in [1.29, 1.82) is 0 Å². The van der Waals surface area contributed by atoms with E-state index < -0.39 is 11.9 Å². The molecule has 0 radical (unpaired) electrons. The summed E-state index contributed by atoms with van der Waals surface area (Å²) < 4.78 is 26.6. The van der Waals surface area contributed by atoms with Crippen molar-refractivity contribution in [3.63, 3.8) is 0 Å². The number of benzene rings is 3. The number of ether oxygens (including phenoxy) is 3. The Hall–Kier alpha value is -4.90. The molecule has 2 amide bonds. The summed E-state index contributed by atoms with van der Waals surface area (Å²) >= 11 is 0. The number of aromatic hydroxyl groups is 1. The molecule has 15 nitrogen and oxygen atoms in total. The van der Waals surface area contributed by atoms with E-state index in [1.54, 1.807) is 24.3 Å². The molecule has 83 heavy (non-hydrogen) atoms. The van der Waals surface area contributed by atoms with Gasteiger partial charge in [-0.1, -0.05) is 72.3 Å². The van der Waals surface area contributed by atoms with Crippen LogP contribution in [-0.4, -0.2) is 110 Å². The average Bonchev–Trinajstić information content (AvgIpc) is 2.25. The highest BCUT2D eigenvalue weighted by Crippen LogP contribution is 2.69. The molecule has 9 N–H and O–H groups in total. The number of hydrogen-bond acceptors (Lipinski definition) is 12. The second kappa shape index (κ2) is 30.4. The predicted molar refractivity (Wildman–Crippen MR) is 329 cm³/mol. The Balaban J connectivity index is 0.877. The zero-order valence-corrected chi connectivity index (χ0v) is 50.7. The van der Waals surface area contributed by atoms with Gasteiger partial charge < -0.3 is 56.3 Å². The van der Waals surface area contributed by atoms with Crippen LogP contribution in [0.25, 0.3) is 33.4 Å². The highest BCUT2D eigenvalue weighted by molar-refractivity contribution is 6.09. The standard InChI is InChI=1S/C68H101N5O10/c1-5-6-7-8-9-13-34-73(62(76)19-11-10-12-33-72-65(77)46-20-23-51(54(39-46)66(78)79)63-52-24-21-48(74)42-58(52)83-59-43-49(75)22-25-53(59)63)35-14-18-45(2)55-26-27-56-64-57(44-61(68(55,56)4)82-38-17-32-71)67(3)29-28-50(80-36-15-30-69)40-47(67)41-60(64)81-37-16-31-70/h20-25,39,42-43,45,47,50,55-57,60-61,64,74H,5-19,26-38,40-41,44,69-71H2,1-4H3,(H,72,77)(H,78,79)/t45-,47?,50-,55-,56+,57+,60-,61+,64?,67+,68?/m1/s1. The molecule has 1 heterocycles. The van der Waals surface area contributed by atoms with E-state index in [4.69, 9.17) is 35.8 Å². The molecule has 0 saturated heterocycles. The first-order valence-electron chi connectivity index (χ1n) is 32.2. The van der Waals surface area contributed by atoms with Crippen LogP contribution in [0.4, 0.5) is 0 Å². The van der Waals surface area contributed by atoms with Gasteiger partial charge >= 0.3 is 5.97 Å². The molecule has 4 fully saturated rings. The molecule has 4 saturated carbocycles. The topological polar surface area (TPSA) is 243 Å². The van der Waals surface area contributed by atoms with Crippen LogP contribution in [0.1, 0.15) is 190 Å². The van der Waals surface area contributed by atoms with Crippen LogP contribution in [0.15, 0.2) is 63.8 Å². The Labute approximate surface area is 494 Å². The second-order valence-corrected chi connectivity index (χ2v) is 25.7. The summed E-state index contributed by atoms with van der Waals surface area (Å²) in [7, 11) is 0. The summed E-state index contributed by atoms with van der Waals surface area (Å²) in [5.74, 6) is 1.79. The molecule has 0 spiro atoms. The second-order valence-electron chi connectivity index (χ2n) is 25.7. The number of carbonyl (C=O) groups is 3. The van der Waals surface area contributed by atoms with Crippen molar-refractivity contribution in [3.8, 4) is 28.2 Å². The van der Waals surface area contributed by atoms with E-state index in [0.717, 1.165) is 96.7 Å². The number of amides is 2. The van der Waals surface area contributed by atoms with Crippen molar-refractivity contribution >= 4 is 28.8 Å². The summed E-state index contributed by atoms with van der Waals surface area (Å²) in [5.41, 5.74) is 19.7. The van der Waals surface area contributed by atoms with Gasteiger partial charge in [0, 0.05) is 85.5 Å². The Morgan fingerprint density at radius 1 is 0.759 bits per heavy atom. The smallest absolute Gasteiger partial charge is 0.336 e. The predicted octanol–water partition coefficient (Wildman–Crippen LogP) is 11.9. The number of phenolic OH excluding ortho intramolecular Hbond substituents is 1. The van der Waals surface area contributed by atoms with Gasteiger partial charge in [-0.25, -0.2) is 4.79 Å². The fourth-order valence-electron chi connectivity index (χ4n) is 16.1. The van der Waals surface area contributed by atoms with Gasteiger partial charge in [-0.05, 0) is 199 Å². The minimum absolute atomic E-state index is 0.000905. The number of nitrogens with one attached hydrogen (secondary N) is 1. The zero-order valence-electron chi connectivity index (χ0n) is 50.7. The lowest BCUT2D eigenvalue weighted by Gasteiger charge is -2.65. The van der Waals surface area contributed by atoms with E-state index in [1.165, 1.54) is 75.3 Å². The lowest BCUT2D eigenvalue weighted by Crippen LogP contribution is -2.63. The van der Waals surface area contributed by atoms with Crippen molar-refractivity contribution in [2.75, 3.05) is 59.1 Å². The first-order chi connectivity index (χ1) is 40.2. The minimum Gasteiger partial charge on any atom is -0.508 e. The molecular formula is C68H101N5O10. The maximum Gasteiger partial charge on any atom is 0.336 e. The van der Waals surface area contributed by atoms with Crippen LogP contribution >= 0.6 is 0 Å². The third-order valence-electron chi connectivity index (χ3n) is 20.5. The Morgan fingerprint density at radius 2 is 1.47 bits per heavy atom. The number of unbranched alkanes of at least 4 members (excludes halogenated alkanes) is 7. The van der Waals surface area contributed by atoms with Crippen molar-refractivity contribution in [1.82, 2.24) is 10.2 Å². The van der Waals surface area contributed by atoms with Crippen LogP contribution in [-0.2, 0) is 19.0 Å². The number of carbonyl (C=O) groups excluding carboxylic acids is 2. The number of fused-ring (bicyclic) bond motifs is 7. The summed E-state index contributed by atoms with van der Waals surface area (Å²) in [6.07, 6.45) is 22.7. The lowest BCUT2D eigenvalue weighted by molar-refractivity contribution is -0.227. The number of nitrogens with two attached hydrogens (primary N) is 3. The number of aromatic carboxylic acids is 1. The van der Waals surface area contributed by atoms with Gasteiger partial charge in [-0.15, -0.1) is 0 Å². The third kappa shape index (κ3) is 15.2. The highest BCUT2D eigenvalue weighted by Gasteiger charge is 2.66. The van der Waals surface area contributed by atoms with Crippen LogP contribution in [0, 0.1) is 46.3 Å². The van der Waals surface area contributed by atoms with Crippen LogP contribution in [0.2, 0.25) is 0 Å². The van der Waals surface area contributed by atoms with E-state index in [0.29, 0.717) is 116 Å². The molecule has 0 aromatic heterocycles. The normalized spacial score (nSPS) is 26.1. The summed E-state index contributed by atoms with van der Waals surface area (Å²) in [4.78, 5) is 54.9. The monoisotopic (exact) mass is 1150 g/mol. The molecule has 458 valence electrons. The molecule has 6 aliphatic rings. The maximum absolute atomic E-state index is 14.2. The first kappa shape index (κ1) is 64.1. The van der Waals surface area contributed by atoms with E-state index in [2.05, 4.69) is 37.9 Å². The zero-order chi connectivity index (χ0) is 59.1. The van der Waals surface area contributed by atoms with Gasteiger partial charge in [-0.2, -0.15) is 0 Å². The number of carboxylic acid groups (broad SMARTS) is 1. The largest absolute Gasteiger partial charge is 0.508 e. The molecular weight excluding hydrogens is 1050 g/mol. The van der Waals surface area contributed by atoms with Gasteiger partial charge in [0.25, 0.3) is 5.91 Å². The summed E-state index contributed by atoms with van der Waals surface area (Å²) in [6.45, 7) is 15.9. The lowest BCUT2D eigenvalue weighted by atomic mass is 9.43. The molecule has 0 bridgehead atoms. The quantitative estimate of drug-likeness (QED) is 0.0192. The molecule has 2 aromatic rings. The Kier molecular flexibility index (Phi) is 23.5. The van der Waals surface area contributed by atoms with E-state index >= 15 is 0 Å². The van der Waals surface area contributed by atoms with E-state index in [-0.39, 0.29) is 68.7 Å². The first-order valence-corrected chi connectivity index (χ1v) is 32.2. The van der Waals surface area contributed by atoms with Gasteiger partial charge in [0.05, 0.1) is 23.9 Å². The number of hydrogen-bond donors (Lipinski definition) is 6. The molecule has 8 rings (SSSR count). The number of phenols is 1. The molecule has 2 aromatic carbocycles. The van der Waals surface area contributed by atoms with Crippen LogP contribution in [0.5, 0.6) is 5.75 Å². The van der Waals surface area contributed by atoms with Gasteiger partial charge in [0.2, 0.25) is 5.91 Å². The molecule has 15 heteroatoms. The third-order valence-corrected chi connectivity index (χ3v) is 20.5. The summed E-state index contributed by atoms with van der Waals surface area (Å²) in [5, 5.41) is 24.2. The van der Waals surface area contributed by atoms with Crippen molar-refractivity contribution in [3.05, 3.63) is 75.9 Å². The van der Waals surface area contributed by atoms with Crippen LogP contribution in [0.3, 0.4) is 0 Å². The van der Waals surface area contributed by atoms with E-state index in [9.17, 15) is 29.4 Å². The molecule has 1 aliphatic heterocycles. The number of nitrogens with zero attached hydrogens (tertiary/aromatic N) is 1. The SMILES string of the molecule is CCCCCCCCN(CCC[C@@H](C)[C@H]1CC[C@H]2C3[C@H](OCCCN)CC4C[C@H](OCCCN)CC[C@]4(C)[C@H]3C[C@H](OCCCN)C12C)C(=O)CCCCCNC(=O)c1ccc(-c2c3ccc(=O)cc-3oc3cc(O)ccc23)c(C(=O)O)c1. The Bertz CT molecular complexity index is 2770. The van der Waals surface area contributed by atoms with Gasteiger partial charge in [0.15, 0.2) is 5.43 Å². The highest BCUT2D eigenvalue weighted by atomic mass is 16.5.